The van der Waals surface area contributed by atoms with Crippen LogP contribution in [-0.4, -0.2) is 7.11 Å². The number of ether oxygens (including phenoxy) is 1. The first kappa shape index (κ1) is 22.7. The Balaban J connectivity index is 0.000000204. The molecule has 27 heavy (non-hydrogen) atoms. The van der Waals surface area contributed by atoms with E-state index in [0.29, 0.717) is 6.61 Å². The zero-order chi connectivity index (χ0) is 20.1. The standard InChI is InChI=1S/C9H12O.C9H12.C8H10/c1-8-3-5-9(6-4-8)7-10-2;1-3-9-6-4-8(2)5-7-9;1-7-4-3-5-8(2)6-7/h3-6H,7H2,1-2H3;4-7H,3H2,1-2H3;3-6H,1-2H3. The highest BCUT2D eigenvalue weighted by Gasteiger charge is 1.88. The third-order valence-electron chi connectivity index (χ3n) is 4.13. The van der Waals surface area contributed by atoms with Gasteiger partial charge < -0.3 is 4.74 Å². The van der Waals surface area contributed by atoms with Crippen LogP contribution in [0.2, 0.25) is 0 Å². The van der Waals surface area contributed by atoms with E-state index in [1.807, 2.05) is 0 Å². The van der Waals surface area contributed by atoms with Crippen LogP contribution in [0.25, 0.3) is 0 Å². The Kier molecular flexibility index (Phi) is 10.8. The molecule has 0 fully saturated rings. The topological polar surface area (TPSA) is 9.23 Å². The lowest BCUT2D eigenvalue weighted by Gasteiger charge is -1.98. The minimum atomic E-state index is 0.709. The summed E-state index contributed by atoms with van der Waals surface area (Å²) in [6.45, 7) is 11.3. The van der Waals surface area contributed by atoms with Gasteiger partial charge in [0.05, 0.1) is 6.61 Å². The number of aryl methyl sites for hydroxylation is 5. The Hall–Kier alpha value is -2.38. The second-order valence-corrected chi connectivity index (χ2v) is 6.92. The number of benzene rings is 3. The monoisotopic (exact) mass is 362 g/mol. The van der Waals surface area contributed by atoms with Crippen LogP contribution in [0.5, 0.6) is 0 Å². The molecule has 0 aliphatic rings. The number of rotatable bonds is 3. The van der Waals surface area contributed by atoms with Gasteiger partial charge in [-0.25, -0.2) is 0 Å². The molecule has 0 unspecified atom stereocenters. The van der Waals surface area contributed by atoms with Gasteiger partial charge in [-0.2, -0.15) is 0 Å². The van der Waals surface area contributed by atoms with Gasteiger partial charge in [-0.1, -0.05) is 102 Å². The fourth-order valence-corrected chi connectivity index (χ4v) is 2.48. The Morgan fingerprint density at radius 2 is 1.04 bits per heavy atom. The van der Waals surface area contributed by atoms with E-state index in [1.165, 1.54) is 33.4 Å². The molecular weight excluding hydrogens is 328 g/mol. The van der Waals surface area contributed by atoms with E-state index in [0.717, 1.165) is 6.42 Å². The fourth-order valence-electron chi connectivity index (χ4n) is 2.48. The lowest BCUT2D eigenvalue weighted by atomic mass is 10.1. The molecule has 0 spiro atoms. The summed E-state index contributed by atoms with van der Waals surface area (Å²) in [5, 5.41) is 0. The first-order valence-corrected chi connectivity index (χ1v) is 9.58. The van der Waals surface area contributed by atoms with Crippen molar-refractivity contribution in [1.29, 1.82) is 0 Å². The van der Waals surface area contributed by atoms with Gasteiger partial charge in [0.25, 0.3) is 0 Å². The Bertz CT molecular complexity index is 738. The molecule has 0 radical (unpaired) electrons. The lowest BCUT2D eigenvalue weighted by molar-refractivity contribution is 0.185. The largest absolute Gasteiger partial charge is 0.380 e. The van der Waals surface area contributed by atoms with Crippen LogP contribution in [0.15, 0.2) is 72.8 Å². The maximum absolute atomic E-state index is 4.97. The molecule has 0 aliphatic heterocycles. The van der Waals surface area contributed by atoms with Crippen molar-refractivity contribution in [3.8, 4) is 0 Å². The Morgan fingerprint density at radius 1 is 0.593 bits per heavy atom. The summed E-state index contributed by atoms with van der Waals surface area (Å²) in [7, 11) is 1.71. The van der Waals surface area contributed by atoms with Crippen molar-refractivity contribution in [2.45, 2.75) is 47.6 Å². The molecule has 3 aromatic rings. The van der Waals surface area contributed by atoms with Crippen molar-refractivity contribution in [3.05, 3.63) is 106 Å². The highest BCUT2D eigenvalue weighted by atomic mass is 16.5. The van der Waals surface area contributed by atoms with Crippen molar-refractivity contribution >= 4 is 0 Å². The molecule has 0 N–H and O–H groups in total. The number of hydrogen-bond acceptors (Lipinski definition) is 1. The Morgan fingerprint density at radius 3 is 1.37 bits per heavy atom. The summed E-state index contributed by atoms with van der Waals surface area (Å²) in [6.07, 6.45) is 1.14. The van der Waals surface area contributed by atoms with Gasteiger partial charge in [0.15, 0.2) is 0 Å². The van der Waals surface area contributed by atoms with E-state index >= 15 is 0 Å². The highest BCUT2D eigenvalue weighted by molar-refractivity contribution is 5.22. The number of methoxy groups -OCH3 is 1. The van der Waals surface area contributed by atoms with Gasteiger partial charge >= 0.3 is 0 Å². The second kappa shape index (κ2) is 12.9. The van der Waals surface area contributed by atoms with Crippen molar-refractivity contribution in [1.82, 2.24) is 0 Å². The predicted molar refractivity (Wildman–Crippen MR) is 118 cm³/mol. The first-order valence-electron chi connectivity index (χ1n) is 9.58. The molecule has 0 saturated carbocycles. The van der Waals surface area contributed by atoms with Gasteiger partial charge in [0, 0.05) is 7.11 Å². The van der Waals surface area contributed by atoms with Gasteiger partial charge in [0.1, 0.15) is 0 Å². The van der Waals surface area contributed by atoms with Crippen LogP contribution in [0.4, 0.5) is 0 Å². The van der Waals surface area contributed by atoms with Crippen LogP contribution in [0, 0.1) is 27.7 Å². The summed E-state index contributed by atoms with van der Waals surface area (Å²) < 4.78 is 4.97. The van der Waals surface area contributed by atoms with E-state index in [4.69, 9.17) is 4.74 Å². The molecule has 3 rings (SSSR count). The van der Waals surface area contributed by atoms with Crippen molar-refractivity contribution in [2.24, 2.45) is 0 Å². The number of hydrogen-bond donors (Lipinski definition) is 0. The SMILES string of the molecule is CCc1ccc(C)cc1.COCc1ccc(C)cc1.Cc1cccc(C)c1. The molecule has 0 aromatic heterocycles. The van der Waals surface area contributed by atoms with E-state index in [2.05, 4.69) is 107 Å². The summed E-state index contributed by atoms with van der Waals surface area (Å²) in [4.78, 5) is 0. The summed E-state index contributed by atoms with van der Waals surface area (Å²) in [5.41, 5.74) is 7.95. The molecule has 0 amide bonds. The first-order chi connectivity index (χ1) is 12.9. The van der Waals surface area contributed by atoms with Crippen molar-refractivity contribution in [2.75, 3.05) is 7.11 Å². The molecule has 1 heteroatoms. The zero-order valence-corrected chi connectivity index (χ0v) is 17.8. The van der Waals surface area contributed by atoms with Crippen LogP contribution in [0.3, 0.4) is 0 Å². The van der Waals surface area contributed by atoms with Gasteiger partial charge in [-0.3, -0.25) is 0 Å². The fraction of sp³-hybridized carbons (Fsp3) is 0.308. The molecule has 0 saturated heterocycles. The second-order valence-electron chi connectivity index (χ2n) is 6.92. The predicted octanol–water partition coefficient (Wildman–Crippen LogP) is 7.00. The molecule has 144 valence electrons. The zero-order valence-electron chi connectivity index (χ0n) is 17.8. The van der Waals surface area contributed by atoms with Crippen molar-refractivity contribution < 1.29 is 4.74 Å². The Labute approximate surface area is 166 Å². The van der Waals surface area contributed by atoms with E-state index in [-0.39, 0.29) is 0 Å². The van der Waals surface area contributed by atoms with Crippen LogP contribution in [-0.2, 0) is 17.8 Å². The molecule has 0 aliphatic carbocycles. The average molecular weight is 363 g/mol. The molecular formula is C26H34O. The summed E-state index contributed by atoms with van der Waals surface area (Å²) in [6, 6.07) is 25.5. The summed E-state index contributed by atoms with van der Waals surface area (Å²) >= 11 is 0. The maximum Gasteiger partial charge on any atom is 0.0713 e. The quantitative estimate of drug-likeness (QED) is 0.487. The maximum atomic E-state index is 4.97. The van der Waals surface area contributed by atoms with Crippen LogP contribution in [0.1, 0.15) is 40.3 Å². The van der Waals surface area contributed by atoms with Gasteiger partial charge in [-0.15, -0.1) is 0 Å². The third-order valence-corrected chi connectivity index (χ3v) is 4.13. The molecule has 0 atom stereocenters. The highest BCUT2D eigenvalue weighted by Crippen LogP contribution is 2.03. The van der Waals surface area contributed by atoms with Crippen molar-refractivity contribution in [3.63, 3.8) is 0 Å². The van der Waals surface area contributed by atoms with Gasteiger partial charge in [-0.05, 0) is 45.2 Å². The van der Waals surface area contributed by atoms with Crippen LogP contribution >= 0.6 is 0 Å². The smallest absolute Gasteiger partial charge is 0.0713 e. The molecule has 0 heterocycles. The third kappa shape index (κ3) is 10.4. The minimum absolute atomic E-state index is 0.709. The minimum Gasteiger partial charge on any atom is -0.380 e. The van der Waals surface area contributed by atoms with E-state index in [1.54, 1.807) is 7.11 Å². The van der Waals surface area contributed by atoms with Gasteiger partial charge in [0.2, 0.25) is 0 Å². The van der Waals surface area contributed by atoms with Crippen LogP contribution < -0.4 is 0 Å². The van der Waals surface area contributed by atoms with E-state index < -0.39 is 0 Å². The van der Waals surface area contributed by atoms with E-state index in [9.17, 15) is 0 Å². The normalized spacial score (nSPS) is 9.56. The molecule has 3 aromatic carbocycles. The molecule has 1 nitrogen and oxygen atoms in total. The lowest BCUT2D eigenvalue weighted by Crippen LogP contribution is -1.85. The molecule has 0 bridgehead atoms. The summed E-state index contributed by atoms with van der Waals surface area (Å²) in [5.74, 6) is 0. The average Bonchev–Trinajstić information content (AvgIpc) is 2.65.